The zero-order chi connectivity index (χ0) is 14.4. The van der Waals surface area contributed by atoms with Crippen LogP contribution in [0.3, 0.4) is 0 Å². The summed E-state index contributed by atoms with van der Waals surface area (Å²) in [6, 6.07) is 7.35. The van der Waals surface area contributed by atoms with Crippen molar-refractivity contribution in [3.63, 3.8) is 0 Å². The van der Waals surface area contributed by atoms with E-state index in [0.29, 0.717) is 12.0 Å². The van der Waals surface area contributed by atoms with E-state index in [1.807, 2.05) is 19.9 Å². The Labute approximate surface area is 110 Å². The fourth-order valence-corrected chi connectivity index (χ4v) is 1.69. The second kappa shape index (κ2) is 6.83. The quantitative estimate of drug-likeness (QED) is 0.739. The van der Waals surface area contributed by atoms with Crippen LogP contribution in [0.2, 0.25) is 0 Å². The number of carbonyl (C=O) groups is 1. The molecule has 1 atom stereocenters. The van der Waals surface area contributed by atoms with Crippen molar-refractivity contribution in [1.82, 2.24) is 0 Å². The third-order valence-electron chi connectivity index (χ3n) is 2.54. The summed E-state index contributed by atoms with van der Waals surface area (Å²) in [5, 5.41) is 8.99. The maximum Gasteiger partial charge on any atom is 0.387 e. The minimum absolute atomic E-state index is 0.0103. The van der Waals surface area contributed by atoms with Gasteiger partial charge in [-0.3, -0.25) is 4.79 Å². The van der Waals surface area contributed by atoms with Gasteiger partial charge in [-0.15, -0.1) is 0 Å². The van der Waals surface area contributed by atoms with Gasteiger partial charge in [-0.1, -0.05) is 13.8 Å². The average molecular weight is 267 g/mol. The van der Waals surface area contributed by atoms with E-state index in [2.05, 4.69) is 4.74 Å². The van der Waals surface area contributed by atoms with Crippen molar-refractivity contribution in [3.8, 4) is 11.8 Å². The number of alkyl halides is 2. The van der Waals surface area contributed by atoms with Crippen molar-refractivity contribution >= 4 is 5.78 Å². The number of nitrogens with zero attached hydrogens (tertiary/aromatic N) is 1. The third-order valence-corrected chi connectivity index (χ3v) is 2.54. The molecule has 0 spiro atoms. The highest BCUT2D eigenvalue weighted by Gasteiger charge is 2.20. The number of carbonyl (C=O) groups excluding carboxylic acids is 1. The molecule has 102 valence electrons. The molecule has 19 heavy (non-hydrogen) atoms. The van der Waals surface area contributed by atoms with E-state index in [1.54, 1.807) is 0 Å². The van der Waals surface area contributed by atoms with Crippen LogP contribution in [0.1, 0.15) is 30.6 Å². The van der Waals surface area contributed by atoms with Gasteiger partial charge >= 0.3 is 6.61 Å². The Hall–Kier alpha value is -1.96. The molecule has 1 aromatic carbocycles. The van der Waals surface area contributed by atoms with Gasteiger partial charge in [-0.25, -0.2) is 0 Å². The normalized spacial score (nSPS) is 12.3. The molecule has 0 radical (unpaired) electrons. The highest BCUT2D eigenvalue weighted by Crippen LogP contribution is 2.20. The first-order valence-electron chi connectivity index (χ1n) is 5.92. The van der Waals surface area contributed by atoms with Gasteiger partial charge in [0.25, 0.3) is 0 Å². The van der Waals surface area contributed by atoms with E-state index >= 15 is 0 Å². The van der Waals surface area contributed by atoms with Crippen LogP contribution in [-0.2, 0) is 0 Å². The number of benzene rings is 1. The van der Waals surface area contributed by atoms with Gasteiger partial charge in [0.1, 0.15) is 11.7 Å². The number of ketones is 1. The summed E-state index contributed by atoms with van der Waals surface area (Å²) in [6.07, 6.45) is 0.477. The molecule has 0 aliphatic rings. The minimum atomic E-state index is -2.89. The van der Waals surface area contributed by atoms with E-state index in [-0.39, 0.29) is 17.5 Å². The zero-order valence-corrected chi connectivity index (χ0v) is 10.8. The molecule has 0 amide bonds. The van der Waals surface area contributed by atoms with Gasteiger partial charge in [0, 0.05) is 5.56 Å². The minimum Gasteiger partial charge on any atom is -0.435 e. The zero-order valence-electron chi connectivity index (χ0n) is 10.8. The van der Waals surface area contributed by atoms with Crippen molar-refractivity contribution in [3.05, 3.63) is 29.8 Å². The van der Waals surface area contributed by atoms with Crippen LogP contribution >= 0.6 is 0 Å². The smallest absolute Gasteiger partial charge is 0.387 e. The van der Waals surface area contributed by atoms with E-state index in [0.717, 1.165) is 0 Å². The van der Waals surface area contributed by atoms with E-state index in [4.69, 9.17) is 5.26 Å². The molecule has 1 aromatic rings. The van der Waals surface area contributed by atoms with Crippen LogP contribution in [0, 0.1) is 23.2 Å². The van der Waals surface area contributed by atoms with Crippen molar-refractivity contribution < 1.29 is 18.3 Å². The number of nitriles is 1. The standard InChI is InChI=1S/C14H15F2NO2/c1-9(2)7-11(8-17)13(18)10-3-5-12(6-4-10)19-14(15)16/h3-6,9,11,14H,7H2,1-2H3. The summed E-state index contributed by atoms with van der Waals surface area (Å²) >= 11 is 0. The van der Waals surface area contributed by atoms with E-state index in [9.17, 15) is 13.6 Å². The van der Waals surface area contributed by atoms with Gasteiger partial charge in [-0.05, 0) is 36.6 Å². The number of hydrogen-bond acceptors (Lipinski definition) is 3. The lowest BCUT2D eigenvalue weighted by Crippen LogP contribution is -2.15. The summed E-state index contributed by atoms with van der Waals surface area (Å²) in [5.74, 6) is -0.777. The number of halogens is 2. The van der Waals surface area contributed by atoms with Crippen LogP contribution < -0.4 is 4.74 Å². The lowest BCUT2D eigenvalue weighted by molar-refractivity contribution is -0.0498. The summed E-state index contributed by atoms with van der Waals surface area (Å²) in [7, 11) is 0. The topological polar surface area (TPSA) is 50.1 Å². The lowest BCUT2D eigenvalue weighted by atomic mass is 9.91. The largest absolute Gasteiger partial charge is 0.435 e. The summed E-state index contributed by atoms with van der Waals surface area (Å²) in [6.45, 7) is 0.961. The molecule has 5 heteroatoms. The Balaban J connectivity index is 2.79. The number of rotatable bonds is 6. The molecule has 0 N–H and O–H groups in total. The average Bonchev–Trinajstić information content (AvgIpc) is 2.35. The number of ether oxygens (including phenoxy) is 1. The Morgan fingerprint density at radius 3 is 2.32 bits per heavy atom. The SMILES string of the molecule is CC(C)CC(C#N)C(=O)c1ccc(OC(F)F)cc1. The van der Waals surface area contributed by atoms with E-state index in [1.165, 1.54) is 24.3 Å². The van der Waals surface area contributed by atoms with Crippen LogP contribution in [0.5, 0.6) is 5.75 Å². The maximum atomic E-state index is 12.0. The summed E-state index contributed by atoms with van der Waals surface area (Å²) < 4.78 is 28.1. The van der Waals surface area contributed by atoms with Crippen molar-refractivity contribution in [2.24, 2.45) is 11.8 Å². The first kappa shape index (κ1) is 15.1. The van der Waals surface area contributed by atoms with Crippen molar-refractivity contribution in [2.45, 2.75) is 26.9 Å². The number of hydrogen-bond donors (Lipinski definition) is 0. The van der Waals surface area contributed by atoms with Gasteiger partial charge in [0.05, 0.1) is 6.07 Å². The van der Waals surface area contributed by atoms with Crippen LogP contribution in [-0.4, -0.2) is 12.4 Å². The second-order valence-corrected chi connectivity index (χ2v) is 4.58. The Morgan fingerprint density at radius 2 is 1.89 bits per heavy atom. The molecular formula is C14H15F2NO2. The highest BCUT2D eigenvalue weighted by atomic mass is 19.3. The molecule has 0 saturated heterocycles. The Kier molecular flexibility index (Phi) is 5.43. The first-order valence-corrected chi connectivity index (χ1v) is 5.92. The molecule has 0 saturated carbocycles. The number of Topliss-reactive ketones (excluding diaryl/α,β-unsaturated/α-hetero) is 1. The first-order chi connectivity index (χ1) is 8.93. The molecule has 0 aliphatic carbocycles. The Bertz CT molecular complexity index is 463. The third kappa shape index (κ3) is 4.66. The Morgan fingerprint density at radius 1 is 1.32 bits per heavy atom. The van der Waals surface area contributed by atoms with Crippen LogP contribution in [0.15, 0.2) is 24.3 Å². The molecule has 3 nitrogen and oxygen atoms in total. The van der Waals surface area contributed by atoms with Crippen molar-refractivity contribution in [1.29, 1.82) is 5.26 Å². The maximum absolute atomic E-state index is 12.0. The molecule has 0 fully saturated rings. The summed E-state index contributed by atoms with van der Waals surface area (Å²) in [4.78, 5) is 12.0. The van der Waals surface area contributed by atoms with Crippen LogP contribution in [0.4, 0.5) is 8.78 Å². The van der Waals surface area contributed by atoms with E-state index < -0.39 is 12.5 Å². The summed E-state index contributed by atoms with van der Waals surface area (Å²) in [5.41, 5.74) is 0.328. The fraction of sp³-hybridized carbons (Fsp3) is 0.429. The molecule has 1 rings (SSSR count). The highest BCUT2D eigenvalue weighted by molar-refractivity contribution is 5.99. The predicted octanol–water partition coefficient (Wildman–Crippen LogP) is 3.66. The predicted molar refractivity (Wildman–Crippen MR) is 66.0 cm³/mol. The molecule has 0 aliphatic heterocycles. The second-order valence-electron chi connectivity index (χ2n) is 4.58. The van der Waals surface area contributed by atoms with Crippen LogP contribution in [0.25, 0.3) is 0 Å². The molecular weight excluding hydrogens is 252 g/mol. The molecule has 0 aromatic heterocycles. The van der Waals surface area contributed by atoms with Gasteiger partial charge < -0.3 is 4.74 Å². The molecule has 0 bridgehead atoms. The van der Waals surface area contributed by atoms with Gasteiger partial charge in [-0.2, -0.15) is 14.0 Å². The fourth-order valence-electron chi connectivity index (χ4n) is 1.69. The lowest BCUT2D eigenvalue weighted by Gasteiger charge is -2.11. The van der Waals surface area contributed by atoms with Crippen molar-refractivity contribution in [2.75, 3.05) is 0 Å². The van der Waals surface area contributed by atoms with Gasteiger partial charge in [0.15, 0.2) is 5.78 Å². The molecule has 1 unspecified atom stereocenters. The van der Waals surface area contributed by atoms with Gasteiger partial charge in [0.2, 0.25) is 0 Å². The molecule has 0 heterocycles. The monoisotopic (exact) mass is 267 g/mol.